The Bertz CT molecular complexity index is 350. The number of anilines is 1. The molecule has 2 N–H and O–H groups in total. The lowest BCUT2D eigenvalue weighted by atomic mass is 10.1. The monoisotopic (exact) mass is 265 g/mol. The third-order valence-corrected chi connectivity index (χ3v) is 3.24. The topological polar surface area (TPSA) is 55.4 Å². The van der Waals surface area contributed by atoms with Gasteiger partial charge in [0.25, 0.3) is 0 Å². The summed E-state index contributed by atoms with van der Waals surface area (Å²) in [6, 6.07) is 4.45. The summed E-state index contributed by atoms with van der Waals surface area (Å²) in [4.78, 5) is 4.25. The average Bonchev–Trinajstić information content (AvgIpc) is 2.48. The van der Waals surface area contributed by atoms with Crippen LogP contribution in [0.2, 0.25) is 0 Å². The van der Waals surface area contributed by atoms with Gasteiger partial charge >= 0.3 is 0 Å². The maximum atomic E-state index is 5.42. The van der Waals surface area contributed by atoms with Crippen molar-refractivity contribution in [3.05, 3.63) is 18.3 Å². The van der Waals surface area contributed by atoms with E-state index in [9.17, 15) is 0 Å². The van der Waals surface area contributed by atoms with E-state index in [1.54, 1.807) is 7.11 Å². The van der Waals surface area contributed by atoms with Gasteiger partial charge in [0.05, 0.1) is 18.5 Å². The van der Waals surface area contributed by atoms with E-state index in [2.05, 4.69) is 15.6 Å². The Morgan fingerprint density at radius 1 is 1.37 bits per heavy atom. The standard InChI is InChI=1S/C14H23N3O2/c1-18-8-9-19-14-6-5-13(11-17-14)16-10-12-4-2-3-7-15-12/h5-6,11-12,15-16H,2-4,7-10H2,1H3. The predicted molar refractivity (Wildman–Crippen MR) is 75.7 cm³/mol. The Hall–Kier alpha value is -1.33. The number of hydrogen-bond donors (Lipinski definition) is 2. The molecule has 0 amide bonds. The van der Waals surface area contributed by atoms with Crippen LogP contribution in [-0.4, -0.2) is 44.4 Å². The normalized spacial score (nSPS) is 19.1. The first-order valence-corrected chi connectivity index (χ1v) is 6.93. The first-order valence-electron chi connectivity index (χ1n) is 6.93. The molecule has 0 radical (unpaired) electrons. The minimum Gasteiger partial charge on any atom is -0.475 e. The number of piperidine rings is 1. The van der Waals surface area contributed by atoms with Crippen LogP contribution in [0.3, 0.4) is 0 Å². The van der Waals surface area contributed by atoms with E-state index in [1.807, 2.05) is 18.3 Å². The maximum absolute atomic E-state index is 5.42. The van der Waals surface area contributed by atoms with E-state index in [4.69, 9.17) is 9.47 Å². The fourth-order valence-electron chi connectivity index (χ4n) is 2.14. The molecule has 106 valence electrons. The van der Waals surface area contributed by atoms with Crippen molar-refractivity contribution in [2.45, 2.75) is 25.3 Å². The number of hydrogen-bond acceptors (Lipinski definition) is 5. The molecule has 0 aromatic carbocycles. The fraction of sp³-hybridized carbons (Fsp3) is 0.643. The molecule has 5 nitrogen and oxygen atoms in total. The average molecular weight is 265 g/mol. The first kappa shape index (κ1) is 14.1. The summed E-state index contributed by atoms with van der Waals surface area (Å²) in [5.74, 6) is 0.637. The van der Waals surface area contributed by atoms with Crippen molar-refractivity contribution in [2.75, 3.05) is 38.7 Å². The van der Waals surface area contributed by atoms with Crippen LogP contribution in [0.1, 0.15) is 19.3 Å². The van der Waals surface area contributed by atoms with Gasteiger partial charge in [0.1, 0.15) is 6.61 Å². The van der Waals surface area contributed by atoms with Gasteiger partial charge in [-0.2, -0.15) is 0 Å². The number of methoxy groups -OCH3 is 1. The molecule has 1 aromatic heterocycles. The quantitative estimate of drug-likeness (QED) is 0.734. The number of ether oxygens (including phenoxy) is 2. The van der Waals surface area contributed by atoms with Crippen LogP contribution in [0.25, 0.3) is 0 Å². The Balaban J connectivity index is 1.71. The Labute approximate surface area is 114 Å². The molecule has 1 atom stereocenters. The number of nitrogens with zero attached hydrogens (tertiary/aromatic N) is 1. The smallest absolute Gasteiger partial charge is 0.213 e. The summed E-state index contributed by atoms with van der Waals surface area (Å²) in [5.41, 5.74) is 1.03. The molecule has 2 rings (SSSR count). The van der Waals surface area contributed by atoms with Crippen molar-refractivity contribution in [3.8, 4) is 5.88 Å². The lowest BCUT2D eigenvalue weighted by Crippen LogP contribution is -2.39. The summed E-state index contributed by atoms with van der Waals surface area (Å²) in [5, 5.41) is 6.92. The highest BCUT2D eigenvalue weighted by atomic mass is 16.5. The lowest BCUT2D eigenvalue weighted by molar-refractivity contribution is 0.144. The van der Waals surface area contributed by atoms with Gasteiger partial charge in [0, 0.05) is 25.8 Å². The molecule has 0 spiro atoms. The Kier molecular flexibility index (Phi) is 5.91. The highest BCUT2D eigenvalue weighted by molar-refractivity contribution is 5.42. The van der Waals surface area contributed by atoms with E-state index in [-0.39, 0.29) is 0 Å². The van der Waals surface area contributed by atoms with E-state index in [0.717, 1.165) is 18.8 Å². The molecular formula is C14H23N3O2. The molecule has 1 aliphatic rings. The molecule has 19 heavy (non-hydrogen) atoms. The van der Waals surface area contributed by atoms with Gasteiger partial charge in [0.15, 0.2) is 0 Å². The van der Waals surface area contributed by atoms with Crippen molar-refractivity contribution in [1.82, 2.24) is 10.3 Å². The SMILES string of the molecule is COCCOc1ccc(NCC2CCCCN2)cn1. The minimum absolute atomic E-state index is 0.530. The van der Waals surface area contributed by atoms with Crippen LogP contribution in [0.4, 0.5) is 5.69 Å². The lowest BCUT2D eigenvalue weighted by Gasteiger charge is -2.24. The van der Waals surface area contributed by atoms with Gasteiger partial charge < -0.3 is 20.1 Å². The maximum Gasteiger partial charge on any atom is 0.213 e. The predicted octanol–water partition coefficient (Wildman–Crippen LogP) is 1.66. The van der Waals surface area contributed by atoms with Gasteiger partial charge in [0.2, 0.25) is 5.88 Å². The third-order valence-electron chi connectivity index (χ3n) is 3.24. The van der Waals surface area contributed by atoms with Crippen LogP contribution in [0.15, 0.2) is 18.3 Å². The molecule has 0 bridgehead atoms. The Morgan fingerprint density at radius 2 is 2.32 bits per heavy atom. The van der Waals surface area contributed by atoms with E-state index in [1.165, 1.54) is 19.3 Å². The molecule has 0 aliphatic carbocycles. The van der Waals surface area contributed by atoms with Crippen molar-refractivity contribution in [1.29, 1.82) is 0 Å². The highest BCUT2D eigenvalue weighted by Gasteiger charge is 2.11. The van der Waals surface area contributed by atoms with Crippen LogP contribution in [0.5, 0.6) is 5.88 Å². The minimum atomic E-state index is 0.530. The zero-order valence-corrected chi connectivity index (χ0v) is 11.5. The third kappa shape index (κ3) is 5.04. The van der Waals surface area contributed by atoms with Crippen molar-refractivity contribution in [2.24, 2.45) is 0 Å². The zero-order valence-electron chi connectivity index (χ0n) is 11.5. The molecule has 5 heteroatoms. The van der Waals surface area contributed by atoms with Gasteiger partial charge in [-0.05, 0) is 25.5 Å². The zero-order chi connectivity index (χ0) is 13.3. The molecule has 0 saturated carbocycles. The largest absolute Gasteiger partial charge is 0.475 e. The second-order valence-corrected chi connectivity index (χ2v) is 4.75. The molecule has 1 saturated heterocycles. The molecule has 1 aliphatic heterocycles. The van der Waals surface area contributed by atoms with Crippen molar-refractivity contribution in [3.63, 3.8) is 0 Å². The molecule has 1 aromatic rings. The van der Waals surface area contributed by atoms with Crippen LogP contribution in [-0.2, 0) is 4.74 Å². The van der Waals surface area contributed by atoms with E-state index >= 15 is 0 Å². The summed E-state index contributed by atoms with van der Waals surface area (Å²) in [7, 11) is 1.66. The van der Waals surface area contributed by atoms with Crippen LogP contribution in [0, 0.1) is 0 Å². The fourth-order valence-corrected chi connectivity index (χ4v) is 2.14. The van der Waals surface area contributed by atoms with Gasteiger partial charge in [-0.25, -0.2) is 4.98 Å². The van der Waals surface area contributed by atoms with E-state index < -0.39 is 0 Å². The first-order chi connectivity index (χ1) is 9.38. The van der Waals surface area contributed by atoms with Crippen LogP contribution < -0.4 is 15.4 Å². The van der Waals surface area contributed by atoms with Gasteiger partial charge in [-0.1, -0.05) is 6.42 Å². The Morgan fingerprint density at radius 3 is 3.00 bits per heavy atom. The van der Waals surface area contributed by atoms with Crippen molar-refractivity contribution >= 4 is 5.69 Å². The van der Waals surface area contributed by atoms with Gasteiger partial charge in [-0.3, -0.25) is 0 Å². The number of nitrogens with one attached hydrogen (secondary N) is 2. The number of pyridine rings is 1. The van der Waals surface area contributed by atoms with Crippen molar-refractivity contribution < 1.29 is 9.47 Å². The van der Waals surface area contributed by atoms with Crippen LogP contribution >= 0.6 is 0 Å². The summed E-state index contributed by atoms with van der Waals surface area (Å²) in [6.45, 7) is 3.19. The number of aromatic nitrogens is 1. The summed E-state index contributed by atoms with van der Waals surface area (Å²) >= 11 is 0. The van der Waals surface area contributed by atoms with Gasteiger partial charge in [-0.15, -0.1) is 0 Å². The molecule has 1 unspecified atom stereocenters. The van der Waals surface area contributed by atoms with E-state index in [0.29, 0.717) is 25.1 Å². The summed E-state index contributed by atoms with van der Waals surface area (Å²) < 4.78 is 10.3. The second-order valence-electron chi connectivity index (χ2n) is 4.75. The second kappa shape index (κ2) is 7.96. The summed E-state index contributed by atoms with van der Waals surface area (Å²) in [6.07, 6.45) is 5.68. The molecule has 2 heterocycles. The number of rotatable bonds is 7. The molecular weight excluding hydrogens is 242 g/mol. The highest BCUT2D eigenvalue weighted by Crippen LogP contribution is 2.13. The molecule has 1 fully saturated rings.